The highest BCUT2D eigenvalue weighted by Crippen LogP contribution is 2.21. The van der Waals surface area contributed by atoms with Crippen LogP contribution in [0, 0.1) is 6.92 Å². The van der Waals surface area contributed by atoms with Gasteiger partial charge in [0.25, 0.3) is 5.56 Å². The maximum Gasteiger partial charge on any atom is 0.275 e. The maximum atomic E-state index is 12.1. The van der Waals surface area contributed by atoms with Gasteiger partial charge in [-0.3, -0.25) is 4.79 Å². The predicted octanol–water partition coefficient (Wildman–Crippen LogP) is 2.98. The molecule has 4 heteroatoms. The second kappa shape index (κ2) is 4.29. The Balaban J connectivity index is 2.69. The zero-order chi connectivity index (χ0) is 11.7. The van der Waals surface area contributed by atoms with Gasteiger partial charge >= 0.3 is 0 Å². The second-order valence-electron chi connectivity index (χ2n) is 3.74. The summed E-state index contributed by atoms with van der Waals surface area (Å²) < 4.78 is 2.62. The van der Waals surface area contributed by atoms with E-state index >= 15 is 0 Å². The molecule has 0 amide bonds. The Morgan fingerprint density at radius 1 is 1.56 bits per heavy atom. The summed E-state index contributed by atoms with van der Waals surface area (Å²) >= 11 is 3.48. The molecule has 0 aliphatic heterocycles. The maximum absolute atomic E-state index is 12.1. The van der Waals surface area contributed by atoms with E-state index < -0.39 is 0 Å². The lowest BCUT2D eigenvalue weighted by Gasteiger charge is -2.03. The molecule has 0 saturated heterocycles. The summed E-state index contributed by atoms with van der Waals surface area (Å²) in [4.78, 5) is 15.2. The average molecular weight is 281 g/mol. The van der Waals surface area contributed by atoms with Crippen LogP contribution < -0.4 is 5.56 Å². The fraction of sp³-hybridized carbons (Fsp3) is 0.250. The first-order valence-corrected chi connectivity index (χ1v) is 5.92. The van der Waals surface area contributed by atoms with Crippen molar-refractivity contribution in [2.75, 3.05) is 0 Å². The van der Waals surface area contributed by atoms with Gasteiger partial charge in [0.05, 0.1) is 0 Å². The number of rotatable bonds is 2. The molecule has 0 aromatic carbocycles. The van der Waals surface area contributed by atoms with Crippen LogP contribution in [0.2, 0.25) is 0 Å². The SMILES string of the molecule is CC=CCn1cc(Br)c2cc(C)[nH]c2c1=O. The molecule has 2 rings (SSSR count). The number of aromatic amines is 1. The van der Waals surface area contributed by atoms with Gasteiger partial charge in [0.2, 0.25) is 0 Å². The molecule has 16 heavy (non-hydrogen) atoms. The van der Waals surface area contributed by atoms with Crippen LogP contribution in [0.15, 0.2) is 33.7 Å². The number of pyridine rings is 1. The summed E-state index contributed by atoms with van der Waals surface area (Å²) in [6, 6.07) is 1.97. The van der Waals surface area contributed by atoms with Crippen LogP contribution in [0.1, 0.15) is 12.6 Å². The highest BCUT2D eigenvalue weighted by atomic mass is 79.9. The van der Waals surface area contributed by atoms with Crippen molar-refractivity contribution in [2.45, 2.75) is 20.4 Å². The van der Waals surface area contributed by atoms with Gasteiger partial charge in [-0.25, -0.2) is 0 Å². The first-order chi connectivity index (χ1) is 7.63. The van der Waals surface area contributed by atoms with Crippen LogP contribution in [0.5, 0.6) is 0 Å². The Morgan fingerprint density at radius 3 is 3.00 bits per heavy atom. The largest absolute Gasteiger partial charge is 0.354 e. The number of nitrogens with one attached hydrogen (secondary N) is 1. The molecular weight excluding hydrogens is 268 g/mol. The Hall–Kier alpha value is -1.29. The zero-order valence-corrected chi connectivity index (χ0v) is 10.8. The Labute approximate surface area is 102 Å². The lowest BCUT2D eigenvalue weighted by atomic mass is 10.3. The van der Waals surface area contributed by atoms with Gasteiger partial charge in [0.15, 0.2) is 0 Å². The number of nitrogens with zero attached hydrogens (tertiary/aromatic N) is 1. The summed E-state index contributed by atoms with van der Waals surface area (Å²) in [5.41, 5.74) is 1.68. The Kier molecular flexibility index (Phi) is 3.01. The summed E-state index contributed by atoms with van der Waals surface area (Å²) in [5, 5.41) is 0.944. The summed E-state index contributed by atoms with van der Waals surface area (Å²) in [5.74, 6) is 0. The number of H-pyrrole nitrogens is 1. The monoisotopic (exact) mass is 280 g/mol. The molecule has 0 spiro atoms. The number of halogens is 1. The van der Waals surface area contributed by atoms with Crippen molar-refractivity contribution in [3.63, 3.8) is 0 Å². The molecule has 3 nitrogen and oxygen atoms in total. The average Bonchev–Trinajstić information content (AvgIpc) is 2.64. The van der Waals surface area contributed by atoms with Crippen LogP contribution >= 0.6 is 15.9 Å². The summed E-state index contributed by atoms with van der Waals surface area (Å²) in [6.07, 6.45) is 5.72. The fourth-order valence-corrected chi connectivity index (χ4v) is 2.27. The molecule has 2 heterocycles. The molecule has 0 atom stereocenters. The molecule has 84 valence electrons. The molecule has 0 radical (unpaired) electrons. The molecule has 2 aromatic rings. The first kappa shape index (κ1) is 11.2. The van der Waals surface area contributed by atoms with Gasteiger partial charge < -0.3 is 9.55 Å². The number of fused-ring (bicyclic) bond motifs is 1. The lowest BCUT2D eigenvalue weighted by molar-refractivity contribution is 0.783. The van der Waals surface area contributed by atoms with E-state index in [1.165, 1.54) is 0 Å². The topological polar surface area (TPSA) is 37.8 Å². The summed E-state index contributed by atoms with van der Waals surface area (Å²) in [7, 11) is 0. The minimum absolute atomic E-state index is 0.0180. The molecule has 1 N–H and O–H groups in total. The third-order valence-electron chi connectivity index (χ3n) is 2.49. The van der Waals surface area contributed by atoms with Crippen molar-refractivity contribution in [1.29, 1.82) is 0 Å². The van der Waals surface area contributed by atoms with Gasteiger partial charge in [0.1, 0.15) is 5.52 Å². The number of aromatic nitrogens is 2. The molecule has 0 fully saturated rings. The Morgan fingerprint density at radius 2 is 2.31 bits per heavy atom. The number of hydrogen-bond donors (Lipinski definition) is 1. The zero-order valence-electron chi connectivity index (χ0n) is 9.25. The highest BCUT2D eigenvalue weighted by molar-refractivity contribution is 9.10. The van der Waals surface area contributed by atoms with E-state index in [9.17, 15) is 4.79 Å². The normalized spacial score (nSPS) is 11.7. The Bertz CT molecular complexity index is 607. The number of allylic oxidation sites excluding steroid dienone is 2. The smallest absolute Gasteiger partial charge is 0.275 e. The lowest BCUT2D eigenvalue weighted by Crippen LogP contribution is -2.19. The van der Waals surface area contributed by atoms with Crippen molar-refractivity contribution in [3.05, 3.63) is 44.9 Å². The fourth-order valence-electron chi connectivity index (χ4n) is 1.71. The van der Waals surface area contributed by atoms with E-state index in [2.05, 4.69) is 20.9 Å². The van der Waals surface area contributed by atoms with E-state index in [-0.39, 0.29) is 5.56 Å². The van der Waals surface area contributed by atoms with Crippen LogP contribution in [0.3, 0.4) is 0 Å². The molecule has 0 aliphatic rings. The molecule has 0 unspecified atom stereocenters. The molecular formula is C12H13BrN2O. The van der Waals surface area contributed by atoms with Crippen molar-refractivity contribution in [1.82, 2.24) is 9.55 Å². The van der Waals surface area contributed by atoms with Gasteiger partial charge in [0, 0.05) is 28.3 Å². The molecule has 0 aliphatic carbocycles. The first-order valence-electron chi connectivity index (χ1n) is 5.13. The van der Waals surface area contributed by atoms with E-state index in [1.54, 1.807) is 4.57 Å². The van der Waals surface area contributed by atoms with Gasteiger partial charge in [-0.2, -0.15) is 0 Å². The predicted molar refractivity (Wildman–Crippen MR) is 69.8 cm³/mol. The third-order valence-corrected chi connectivity index (χ3v) is 3.12. The third kappa shape index (κ3) is 1.85. The number of aryl methyl sites for hydroxylation is 1. The van der Waals surface area contributed by atoms with Crippen molar-refractivity contribution in [2.24, 2.45) is 0 Å². The van der Waals surface area contributed by atoms with Crippen LogP contribution in [0.4, 0.5) is 0 Å². The van der Waals surface area contributed by atoms with Crippen LogP contribution in [-0.2, 0) is 6.54 Å². The van der Waals surface area contributed by atoms with E-state index in [1.807, 2.05) is 38.3 Å². The molecule has 2 aromatic heterocycles. The van der Waals surface area contributed by atoms with Crippen LogP contribution in [0.25, 0.3) is 10.9 Å². The molecule has 0 bridgehead atoms. The van der Waals surface area contributed by atoms with Crippen molar-refractivity contribution in [3.8, 4) is 0 Å². The van der Waals surface area contributed by atoms with Crippen LogP contribution in [-0.4, -0.2) is 9.55 Å². The minimum atomic E-state index is 0.0180. The van der Waals surface area contributed by atoms with Gasteiger partial charge in [-0.15, -0.1) is 0 Å². The quantitative estimate of drug-likeness (QED) is 0.844. The summed E-state index contributed by atoms with van der Waals surface area (Å²) in [6.45, 7) is 4.49. The van der Waals surface area contributed by atoms with Crippen molar-refractivity contribution < 1.29 is 0 Å². The molecule has 0 saturated carbocycles. The van der Waals surface area contributed by atoms with E-state index in [0.29, 0.717) is 12.1 Å². The second-order valence-corrected chi connectivity index (χ2v) is 4.60. The minimum Gasteiger partial charge on any atom is -0.354 e. The van der Waals surface area contributed by atoms with E-state index in [4.69, 9.17) is 0 Å². The highest BCUT2D eigenvalue weighted by Gasteiger charge is 2.08. The number of hydrogen-bond acceptors (Lipinski definition) is 1. The van der Waals surface area contributed by atoms with E-state index in [0.717, 1.165) is 15.6 Å². The van der Waals surface area contributed by atoms with Crippen molar-refractivity contribution >= 4 is 26.8 Å². The van der Waals surface area contributed by atoms with Gasteiger partial charge in [-0.1, -0.05) is 12.2 Å². The standard InChI is InChI=1S/C12H13BrN2O/c1-3-4-5-15-7-10(13)9-6-8(2)14-11(9)12(15)16/h3-4,6-7,14H,5H2,1-2H3. The van der Waals surface area contributed by atoms with Gasteiger partial charge in [-0.05, 0) is 35.8 Å².